The van der Waals surface area contributed by atoms with Crippen molar-refractivity contribution in [1.82, 2.24) is 19.9 Å². The second-order valence-corrected chi connectivity index (χ2v) is 9.31. The highest BCUT2D eigenvalue weighted by Crippen LogP contribution is 2.26. The van der Waals surface area contributed by atoms with E-state index in [1.54, 1.807) is 11.3 Å². The van der Waals surface area contributed by atoms with Gasteiger partial charge in [0.25, 0.3) is 11.8 Å². The molecule has 0 atom stereocenters. The van der Waals surface area contributed by atoms with Crippen molar-refractivity contribution in [1.29, 1.82) is 0 Å². The summed E-state index contributed by atoms with van der Waals surface area (Å²) in [6.07, 6.45) is 0. The lowest BCUT2D eigenvalue weighted by Crippen LogP contribution is -2.49. The molecule has 174 valence electrons. The maximum Gasteiger partial charge on any atom is 0.268 e. The van der Waals surface area contributed by atoms with Crippen LogP contribution in [0.1, 0.15) is 11.1 Å². The summed E-state index contributed by atoms with van der Waals surface area (Å²) in [7, 11) is 0. The number of nitrogens with zero attached hydrogens (tertiary/aromatic N) is 4. The summed E-state index contributed by atoms with van der Waals surface area (Å²) >= 11 is 1.58. The Kier molecular flexibility index (Phi) is 6.69. The number of carbonyl (C=O) groups is 1. The first-order valence-corrected chi connectivity index (χ1v) is 12.2. The first-order valence-electron chi connectivity index (χ1n) is 11.3. The monoisotopic (exact) mass is 474 g/mol. The van der Waals surface area contributed by atoms with E-state index in [2.05, 4.69) is 27.2 Å². The van der Waals surface area contributed by atoms with E-state index >= 15 is 0 Å². The number of aromatic nitrogens is 2. The number of amides is 1. The van der Waals surface area contributed by atoms with Crippen LogP contribution in [0.25, 0.3) is 22.2 Å². The molecule has 1 saturated heterocycles. The van der Waals surface area contributed by atoms with Gasteiger partial charge in [0, 0.05) is 38.3 Å². The molecule has 1 aliphatic heterocycles. The molecule has 0 saturated carbocycles. The zero-order valence-corrected chi connectivity index (χ0v) is 19.8. The lowest BCUT2D eigenvalue weighted by molar-refractivity contribution is -0.135. The van der Waals surface area contributed by atoms with Gasteiger partial charge in [0.05, 0.1) is 4.88 Å². The predicted octanol–water partition coefficient (Wildman–Crippen LogP) is 4.50. The standard InChI is InChI=1S/C26H26N4O3S/c1-19-4-2-5-22(16-19)32-18-24(31)30-13-11-29(12-14-30)17-20-7-9-21(10-8-20)25-27-26(33-28-25)23-6-3-15-34-23/h2-10,15-16H,11-14,17-18H2,1H3. The van der Waals surface area contributed by atoms with Crippen molar-refractivity contribution in [3.05, 3.63) is 77.2 Å². The van der Waals surface area contributed by atoms with E-state index in [0.717, 1.165) is 41.4 Å². The lowest BCUT2D eigenvalue weighted by atomic mass is 10.1. The molecule has 4 aromatic rings. The van der Waals surface area contributed by atoms with Crippen LogP contribution >= 0.6 is 11.3 Å². The van der Waals surface area contributed by atoms with Gasteiger partial charge in [-0.05, 0) is 41.6 Å². The molecule has 7 nitrogen and oxygen atoms in total. The average molecular weight is 475 g/mol. The van der Waals surface area contributed by atoms with E-state index in [1.807, 2.05) is 65.7 Å². The van der Waals surface area contributed by atoms with Gasteiger partial charge in [0.2, 0.25) is 5.82 Å². The molecule has 1 amide bonds. The van der Waals surface area contributed by atoms with Gasteiger partial charge in [-0.3, -0.25) is 9.69 Å². The third-order valence-electron chi connectivity index (χ3n) is 5.85. The van der Waals surface area contributed by atoms with E-state index in [0.29, 0.717) is 24.8 Å². The molecule has 5 rings (SSSR count). The van der Waals surface area contributed by atoms with Crippen molar-refractivity contribution in [3.8, 4) is 27.9 Å². The van der Waals surface area contributed by atoms with Gasteiger partial charge in [0.1, 0.15) is 5.75 Å². The maximum atomic E-state index is 12.5. The zero-order chi connectivity index (χ0) is 23.3. The Morgan fingerprint density at radius 1 is 1.06 bits per heavy atom. The van der Waals surface area contributed by atoms with Gasteiger partial charge in [-0.15, -0.1) is 11.3 Å². The number of hydrogen-bond donors (Lipinski definition) is 0. The van der Waals surface area contributed by atoms with E-state index in [-0.39, 0.29) is 12.5 Å². The molecule has 2 aromatic heterocycles. The number of ether oxygens (including phenoxy) is 1. The van der Waals surface area contributed by atoms with Crippen molar-refractivity contribution in [2.45, 2.75) is 13.5 Å². The van der Waals surface area contributed by atoms with Crippen LogP contribution in [0.3, 0.4) is 0 Å². The highest BCUT2D eigenvalue weighted by Gasteiger charge is 2.21. The van der Waals surface area contributed by atoms with Crippen LogP contribution in [0.2, 0.25) is 0 Å². The molecular formula is C26H26N4O3S. The Labute approximate surface area is 202 Å². The second-order valence-electron chi connectivity index (χ2n) is 8.36. The summed E-state index contributed by atoms with van der Waals surface area (Å²) in [5, 5.41) is 6.10. The van der Waals surface area contributed by atoms with Crippen LogP contribution in [0.4, 0.5) is 0 Å². The number of rotatable bonds is 7. The average Bonchev–Trinajstić information content (AvgIpc) is 3.56. The zero-order valence-electron chi connectivity index (χ0n) is 19.0. The van der Waals surface area contributed by atoms with Gasteiger partial charge in [-0.1, -0.05) is 47.6 Å². The fourth-order valence-corrected chi connectivity index (χ4v) is 4.60. The number of piperazine rings is 1. The van der Waals surface area contributed by atoms with Crippen LogP contribution in [-0.4, -0.2) is 58.6 Å². The largest absolute Gasteiger partial charge is 0.484 e. The van der Waals surface area contributed by atoms with Gasteiger partial charge in [-0.25, -0.2) is 0 Å². The Bertz CT molecular complexity index is 1230. The van der Waals surface area contributed by atoms with Crippen molar-refractivity contribution < 1.29 is 14.1 Å². The third kappa shape index (κ3) is 5.35. The van der Waals surface area contributed by atoms with E-state index in [1.165, 1.54) is 5.56 Å². The number of aryl methyl sites for hydroxylation is 1. The molecule has 0 bridgehead atoms. The first kappa shape index (κ1) is 22.3. The summed E-state index contributed by atoms with van der Waals surface area (Å²) in [5.74, 6) is 1.91. The van der Waals surface area contributed by atoms with Crippen LogP contribution in [0.5, 0.6) is 5.75 Å². The SMILES string of the molecule is Cc1cccc(OCC(=O)N2CCN(Cc3ccc(-c4noc(-c5cccs5)n4)cc3)CC2)c1. The predicted molar refractivity (Wildman–Crippen MR) is 132 cm³/mol. The van der Waals surface area contributed by atoms with Crippen molar-refractivity contribution in [3.63, 3.8) is 0 Å². The Balaban J connectivity index is 1.10. The molecular weight excluding hydrogens is 448 g/mol. The molecule has 0 unspecified atom stereocenters. The minimum Gasteiger partial charge on any atom is -0.484 e. The second kappa shape index (κ2) is 10.2. The molecule has 0 radical (unpaired) electrons. The summed E-state index contributed by atoms with van der Waals surface area (Å²) in [6.45, 7) is 6.03. The minimum absolute atomic E-state index is 0.0348. The maximum absolute atomic E-state index is 12.5. The number of benzene rings is 2. The highest BCUT2D eigenvalue weighted by atomic mass is 32.1. The summed E-state index contributed by atoms with van der Waals surface area (Å²) in [4.78, 5) is 22.3. The van der Waals surface area contributed by atoms with Crippen molar-refractivity contribution in [2.75, 3.05) is 32.8 Å². The summed E-state index contributed by atoms with van der Waals surface area (Å²) in [5.41, 5.74) is 3.26. The first-order chi connectivity index (χ1) is 16.6. The molecule has 1 aliphatic rings. The van der Waals surface area contributed by atoms with Gasteiger partial charge >= 0.3 is 0 Å². The minimum atomic E-state index is 0.0348. The van der Waals surface area contributed by atoms with E-state index in [9.17, 15) is 4.79 Å². The van der Waals surface area contributed by atoms with Crippen LogP contribution < -0.4 is 4.74 Å². The third-order valence-corrected chi connectivity index (χ3v) is 6.71. The molecule has 34 heavy (non-hydrogen) atoms. The van der Waals surface area contributed by atoms with Crippen LogP contribution in [0, 0.1) is 6.92 Å². The molecule has 2 aromatic carbocycles. The fraction of sp³-hybridized carbons (Fsp3) is 0.269. The summed E-state index contributed by atoms with van der Waals surface area (Å²) < 4.78 is 11.1. The number of carbonyl (C=O) groups excluding carboxylic acids is 1. The Hall–Kier alpha value is -3.49. The molecule has 0 aliphatic carbocycles. The Morgan fingerprint density at radius 3 is 2.62 bits per heavy atom. The van der Waals surface area contributed by atoms with Gasteiger partial charge in [0.15, 0.2) is 6.61 Å². The van der Waals surface area contributed by atoms with Crippen LogP contribution in [-0.2, 0) is 11.3 Å². The Morgan fingerprint density at radius 2 is 1.88 bits per heavy atom. The van der Waals surface area contributed by atoms with Crippen molar-refractivity contribution in [2.24, 2.45) is 0 Å². The smallest absolute Gasteiger partial charge is 0.268 e. The molecule has 1 fully saturated rings. The molecule has 0 spiro atoms. The van der Waals surface area contributed by atoms with Gasteiger partial charge < -0.3 is 14.2 Å². The fourth-order valence-electron chi connectivity index (χ4n) is 3.96. The van der Waals surface area contributed by atoms with E-state index < -0.39 is 0 Å². The lowest BCUT2D eigenvalue weighted by Gasteiger charge is -2.34. The van der Waals surface area contributed by atoms with E-state index in [4.69, 9.17) is 9.26 Å². The van der Waals surface area contributed by atoms with Gasteiger partial charge in [-0.2, -0.15) is 4.98 Å². The molecule has 3 heterocycles. The number of thiophene rings is 1. The van der Waals surface area contributed by atoms with Crippen molar-refractivity contribution >= 4 is 17.2 Å². The number of hydrogen-bond acceptors (Lipinski definition) is 7. The quantitative estimate of drug-likeness (QED) is 0.393. The summed E-state index contributed by atoms with van der Waals surface area (Å²) in [6, 6.07) is 20.0. The topological polar surface area (TPSA) is 71.7 Å². The van der Waals surface area contributed by atoms with Crippen LogP contribution in [0.15, 0.2) is 70.6 Å². The molecule has 0 N–H and O–H groups in total. The highest BCUT2D eigenvalue weighted by molar-refractivity contribution is 7.13. The normalized spacial score (nSPS) is 14.3. The molecule has 8 heteroatoms.